The van der Waals surface area contributed by atoms with Crippen molar-refractivity contribution in [1.29, 1.82) is 0 Å². The molecule has 6 aromatic carbocycles. The molecule has 11 aromatic rings. The number of nitrogens with zero attached hydrogens (tertiary/aromatic N) is 4. The Bertz CT molecular complexity index is 2920. The molecule has 0 N–H and O–H groups in total. The van der Waals surface area contributed by atoms with Crippen molar-refractivity contribution in [2.75, 3.05) is 0 Å². The van der Waals surface area contributed by atoms with E-state index in [1.54, 1.807) is 11.3 Å². The minimum Gasteiger partial charge on any atom is -0.309 e. The highest BCUT2D eigenvalue weighted by atomic mass is 32.1. The van der Waals surface area contributed by atoms with Crippen LogP contribution >= 0.6 is 11.3 Å². The van der Waals surface area contributed by atoms with Gasteiger partial charge in [-0.1, -0.05) is 84.9 Å². The van der Waals surface area contributed by atoms with Crippen LogP contribution in [-0.2, 0) is 0 Å². The second-order valence-corrected chi connectivity index (χ2v) is 14.1. The van der Waals surface area contributed by atoms with E-state index in [0.29, 0.717) is 0 Å². The normalized spacial score (nSPS) is 11.9. The lowest BCUT2D eigenvalue weighted by atomic mass is 10.1. The topological polar surface area (TPSA) is 35.6 Å². The largest absolute Gasteiger partial charge is 0.309 e. The number of benzene rings is 6. The van der Waals surface area contributed by atoms with E-state index in [1.807, 2.05) is 0 Å². The van der Waals surface area contributed by atoms with Crippen LogP contribution in [0.25, 0.3) is 97.9 Å². The smallest absolute Gasteiger partial charge is 0.108 e. The lowest BCUT2D eigenvalue weighted by Gasteiger charge is -2.08. The third-order valence-electron chi connectivity index (χ3n) is 10.1. The number of rotatable bonds is 4. The fourth-order valence-corrected chi connectivity index (χ4v) is 8.80. The van der Waals surface area contributed by atoms with Crippen LogP contribution in [0.4, 0.5) is 0 Å². The number of hydrogen-bond donors (Lipinski definition) is 0. The molecule has 51 heavy (non-hydrogen) atoms. The van der Waals surface area contributed by atoms with Gasteiger partial charge in [0.25, 0.3) is 0 Å². The molecule has 0 spiro atoms. The van der Waals surface area contributed by atoms with E-state index in [-0.39, 0.29) is 0 Å². The van der Waals surface area contributed by atoms with E-state index < -0.39 is 0 Å². The summed E-state index contributed by atoms with van der Waals surface area (Å²) in [5, 5.41) is 4.90. The van der Waals surface area contributed by atoms with Crippen molar-refractivity contribution in [3.8, 4) is 33.9 Å². The van der Waals surface area contributed by atoms with Crippen LogP contribution in [0.15, 0.2) is 170 Å². The molecule has 0 unspecified atom stereocenters. The summed E-state index contributed by atoms with van der Waals surface area (Å²) >= 11 is 1.75. The molecule has 4 nitrogen and oxygen atoms in total. The van der Waals surface area contributed by atoms with Gasteiger partial charge in [-0.25, -0.2) is 9.97 Å². The van der Waals surface area contributed by atoms with Crippen molar-refractivity contribution in [1.82, 2.24) is 19.1 Å². The molecule has 0 fully saturated rings. The van der Waals surface area contributed by atoms with Crippen LogP contribution in [0.2, 0.25) is 0 Å². The maximum absolute atomic E-state index is 5.29. The van der Waals surface area contributed by atoms with Crippen LogP contribution in [0.1, 0.15) is 0 Å². The highest BCUT2D eigenvalue weighted by Crippen LogP contribution is 2.39. The first-order chi connectivity index (χ1) is 25.3. The van der Waals surface area contributed by atoms with Gasteiger partial charge in [0, 0.05) is 44.0 Å². The van der Waals surface area contributed by atoms with E-state index in [1.165, 1.54) is 43.6 Å². The lowest BCUT2D eigenvalue weighted by molar-refractivity contribution is 1.18. The number of thiophene rings is 1. The van der Waals surface area contributed by atoms with Gasteiger partial charge in [0.15, 0.2) is 0 Å². The molecule has 0 atom stereocenters. The molecule has 0 aliphatic heterocycles. The highest BCUT2D eigenvalue weighted by Gasteiger charge is 2.17. The third kappa shape index (κ3) is 4.32. The molecule has 238 valence electrons. The fourth-order valence-electron chi connectivity index (χ4n) is 7.81. The van der Waals surface area contributed by atoms with Gasteiger partial charge in [-0.15, -0.1) is 11.3 Å². The first-order valence-electron chi connectivity index (χ1n) is 17.2. The summed E-state index contributed by atoms with van der Waals surface area (Å²) in [6, 6.07) is 60.6. The summed E-state index contributed by atoms with van der Waals surface area (Å²) in [6.07, 6.45) is 0. The number of para-hydroxylation sites is 4. The second kappa shape index (κ2) is 11.0. The predicted octanol–water partition coefficient (Wildman–Crippen LogP) is 12.4. The number of fused-ring (bicyclic) bond motifs is 9. The molecule has 0 saturated heterocycles. The quantitative estimate of drug-likeness (QED) is 0.187. The minimum atomic E-state index is 0.947. The summed E-state index contributed by atoms with van der Waals surface area (Å²) < 4.78 is 6.97. The Labute approximate surface area is 297 Å². The Kier molecular flexibility index (Phi) is 6.09. The van der Waals surface area contributed by atoms with Gasteiger partial charge in [-0.3, -0.25) is 0 Å². The molecule has 0 aliphatic rings. The Morgan fingerprint density at radius 1 is 0.353 bits per heavy atom. The van der Waals surface area contributed by atoms with Crippen molar-refractivity contribution in [2.45, 2.75) is 0 Å². The van der Waals surface area contributed by atoms with Crippen LogP contribution in [0.3, 0.4) is 0 Å². The molecule has 0 amide bonds. The average molecular weight is 669 g/mol. The third-order valence-corrected chi connectivity index (χ3v) is 11.2. The molecular formula is C46H28N4S. The minimum absolute atomic E-state index is 0.947. The molecule has 5 heterocycles. The molecule has 5 heteroatoms. The Morgan fingerprint density at radius 2 is 0.765 bits per heavy atom. The Morgan fingerprint density at radius 3 is 1.24 bits per heavy atom. The standard InChI is InChI=1S/C46H28N4S/c1-3-11-31(12-4-1)49-39-17-9-7-15-33(39)35-27-29(19-23-41(35)49)37-21-25-43-45(47-37)46-44(51-43)26-22-38(48-46)30-20-24-42-36(28-30)34-16-8-10-18-40(34)50(42)32-13-5-2-6-14-32/h1-28H. The van der Waals surface area contributed by atoms with Crippen LogP contribution < -0.4 is 0 Å². The number of hydrogen-bond acceptors (Lipinski definition) is 3. The van der Waals surface area contributed by atoms with Gasteiger partial charge in [-0.05, 0) is 84.9 Å². The van der Waals surface area contributed by atoms with Gasteiger partial charge in [-0.2, -0.15) is 0 Å². The SMILES string of the molecule is c1ccc(-n2c3ccccc3c3cc(-c4ccc5sc6ccc(-c7ccc8c(c7)c7ccccc7n8-c7ccccc7)nc6c5n4)ccc32)cc1. The van der Waals surface area contributed by atoms with Crippen molar-refractivity contribution in [3.05, 3.63) is 170 Å². The average Bonchev–Trinajstić information content (AvgIpc) is 3.85. The molecule has 0 saturated carbocycles. The molecule has 11 rings (SSSR count). The lowest BCUT2D eigenvalue weighted by Crippen LogP contribution is -1.93. The summed E-state index contributed by atoms with van der Waals surface area (Å²) in [6.45, 7) is 0. The van der Waals surface area contributed by atoms with Crippen molar-refractivity contribution < 1.29 is 0 Å². The van der Waals surface area contributed by atoms with E-state index in [2.05, 4.69) is 179 Å². The zero-order valence-electron chi connectivity index (χ0n) is 27.4. The van der Waals surface area contributed by atoms with Crippen LogP contribution in [0.5, 0.6) is 0 Å². The van der Waals surface area contributed by atoms with Gasteiger partial charge >= 0.3 is 0 Å². The molecule has 0 radical (unpaired) electrons. The highest BCUT2D eigenvalue weighted by molar-refractivity contribution is 7.25. The molecule has 0 bridgehead atoms. The molecule has 5 aromatic heterocycles. The Balaban J connectivity index is 1.04. The van der Waals surface area contributed by atoms with Gasteiger partial charge in [0.05, 0.1) is 42.9 Å². The predicted molar refractivity (Wildman–Crippen MR) is 214 cm³/mol. The van der Waals surface area contributed by atoms with Gasteiger partial charge in [0.2, 0.25) is 0 Å². The Hall–Kier alpha value is -6.56. The van der Waals surface area contributed by atoms with E-state index in [4.69, 9.17) is 9.97 Å². The molecule has 0 aliphatic carbocycles. The van der Waals surface area contributed by atoms with Crippen LogP contribution in [0, 0.1) is 0 Å². The second-order valence-electron chi connectivity index (χ2n) is 13.0. The summed E-state index contributed by atoms with van der Waals surface area (Å²) in [7, 11) is 0. The first-order valence-corrected chi connectivity index (χ1v) is 18.0. The maximum atomic E-state index is 5.29. The summed E-state index contributed by atoms with van der Waals surface area (Å²) in [4.78, 5) is 10.6. The van der Waals surface area contributed by atoms with Crippen molar-refractivity contribution in [2.24, 2.45) is 0 Å². The maximum Gasteiger partial charge on any atom is 0.108 e. The summed E-state index contributed by atoms with van der Waals surface area (Å²) in [5.41, 5.74) is 13.0. The van der Waals surface area contributed by atoms with Gasteiger partial charge < -0.3 is 9.13 Å². The van der Waals surface area contributed by atoms with Crippen LogP contribution in [-0.4, -0.2) is 19.1 Å². The van der Waals surface area contributed by atoms with E-state index in [9.17, 15) is 0 Å². The van der Waals surface area contributed by atoms with E-state index >= 15 is 0 Å². The molecular weight excluding hydrogens is 641 g/mol. The van der Waals surface area contributed by atoms with E-state index in [0.717, 1.165) is 54.3 Å². The first kappa shape index (κ1) is 28.3. The zero-order valence-corrected chi connectivity index (χ0v) is 28.2. The van der Waals surface area contributed by atoms with Crippen molar-refractivity contribution in [3.63, 3.8) is 0 Å². The number of pyridine rings is 2. The fraction of sp³-hybridized carbons (Fsp3) is 0. The van der Waals surface area contributed by atoms with Crippen molar-refractivity contribution >= 4 is 75.4 Å². The van der Waals surface area contributed by atoms with Gasteiger partial charge in [0.1, 0.15) is 11.0 Å². The summed E-state index contributed by atoms with van der Waals surface area (Å²) in [5.74, 6) is 0. The zero-order chi connectivity index (χ0) is 33.5. The number of aromatic nitrogens is 4. The monoisotopic (exact) mass is 668 g/mol.